The van der Waals surface area contributed by atoms with Crippen molar-refractivity contribution in [1.29, 1.82) is 0 Å². The number of aldehydes is 1. The van der Waals surface area contributed by atoms with E-state index in [1.807, 2.05) is 0 Å². The van der Waals surface area contributed by atoms with Crippen LogP contribution in [0.1, 0.15) is 34.1 Å². The molecule has 4 nitrogen and oxygen atoms in total. The highest BCUT2D eigenvalue weighted by molar-refractivity contribution is 6.74. The van der Waals surface area contributed by atoms with Crippen LogP contribution in [0.5, 0.6) is 0 Å². The maximum absolute atomic E-state index is 11.0. The first-order chi connectivity index (χ1) is 7.51. The van der Waals surface area contributed by atoms with Crippen LogP contribution in [0.2, 0.25) is 18.1 Å². The molecule has 0 bridgehead atoms. The fraction of sp³-hybridized carbons (Fsp3) is 0.833. The second kappa shape index (κ2) is 5.77. The molecular formula is C12H25NO3Si. The number of primary amides is 1. The van der Waals surface area contributed by atoms with Crippen LogP contribution in [-0.4, -0.2) is 26.6 Å². The predicted molar refractivity (Wildman–Crippen MR) is 71.1 cm³/mol. The van der Waals surface area contributed by atoms with Crippen LogP contribution in [0.4, 0.5) is 0 Å². The van der Waals surface area contributed by atoms with Gasteiger partial charge in [0.15, 0.2) is 8.32 Å². The third-order valence-electron chi connectivity index (χ3n) is 3.46. The number of rotatable bonds is 6. The van der Waals surface area contributed by atoms with E-state index in [1.54, 1.807) is 6.92 Å². The molecule has 0 aromatic carbocycles. The van der Waals surface area contributed by atoms with Crippen molar-refractivity contribution < 1.29 is 14.0 Å². The van der Waals surface area contributed by atoms with Crippen molar-refractivity contribution in [1.82, 2.24) is 0 Å². The molecule has 0 aliphatic heterocycles. The number of carbonyl (C=O) groups excluding carboxylic acids is 2. The Morgan fingerprint density at radius 3 is 2.18 bits per heavy atom. The molecule has 2 atom stereocenters. The minimum absolute atomic E-state index is 0.0471. The van der Waals surface area contributed by atoms with Crippen LogP contribution in [-0.2, 0) is 14.0 Å². The van der Waals surface area contributed by atoms with Gasteiger partial charge in [-0.15, -0.1) is 0 Å². The molecule has 0 aromatic heterocycles. The van der Waals surface area contributed by atoms with Crippen molar-refractivity contribution in [3.8, 4) is 0 Å². The van der Waals surface area contributed by atoms with Crippen molar-refractivity contribution in [2.45, 2.75) is 58.4 Å². The summed E-state index contributed by atoms with van der Waals surface area (Å²) in [6.07, 6.45) is 0.526. The van der Waals surface area contributed by atoms with Crippen LogP contribution in [0.25, 0.3) is 0 Å². The molecule has 0 saturated heterocycles. The van der Waals surface area contributed by atoms with E-state index < -0.39 is 20.3 Å². The Kier molecular flexibility index (Phi) is 5.54. The van der Waals surface area contributed by atoms with E-state index in [4.69, 9.17) is 10.2 Å². The van der Waals surface area contributed by atoms with E-state index in [0.717, 1.165) is 6.29 Å². The minimum atomic E-state index is -1.98. The summed E-state index contributed by atoms with van der Waals surface area (Å²) in [5.74, 6) is -0.737. The summed E-state index contributed by atoms with van der Waals surface area (Å²) in [5.41, 5.74) is 5.19. The van der Waals surface area contributed by atoms with E-state index >= 15 is 0 Å². The van der Waals surface area contributed by atoms with Gasteiger partial charge >= 0.3 is 0 Å². The molecule has 0 fully saturated rings. The largest absolute Gasteiger partial charge is 0.413 e. The lowest BCUT2D eigenvalue weighted by Crippen LogP contribution is -2.46. The SMILES string of the molecule is C[C@H](C=O)[C@H](CC(N)=O)O[Si](C)(C)C(C)(C)C. The molecule has 0 aromatic rings. The van der Waals surface area contributed by atoms with E-state index in [2.05, 4.69) is 33.9 Å². The number of hydrogen-bond acceptors (Lipinski definition) is 3. The lowest BCUT2D eigenvalue weighted by Gasteiger charge is -2.40. The van der Waals surface area contributed by atoms with Gasteiger partial charge in [0, 0.05) is 5.92 Å². The average Bonchev–Trinajstić information content (AvgIpc) is 2.12. The fourth-order valence-electron chi connectivity index (χ4n) is 1.18. The molecule has 0 aliphatic carbocycles. The molecule has 0 saturated carbocycles. The summed E-state index contributed by atoms with van der Waals surface area (Å²) < 4.78 is 6.07. The minimum Gasteiger partial charge on any atom is -0.413 e. The van der Waals surface area contributed by atoms with Crippen LogP contribution < -0.4 is 5.73 Å². The van der Waals surface area contributed by atoms with Crippen molar-refractivity contribution in [3.63, 3.8) is 0 Å². The van der Waals surface area contributed by atoms with Crippen LogP contribution in [0.15, 0.2) is 0 Å². The third kappa shape index (κ3) is 5.00. The molecule has 0 heterocycles. The highest BCUT2D eigenvalue weighted by atomic mass is 28.4. The Morgan fingerprint density at radius 2 is 1.88 bits per heavy atom. The lowest BCUT2D eigenvalue weighted by atomic mass is 10.0. The Balaban J connectivity index is 4.86. The molecule has 100 valence electrons. The summed E-state index contributed by atoms with van der Waals surface area (Å²) in [4.78, 5) is 21.9. The van der Waals surface area contributed by atoms with Gasteiger partial charge in [0.1, 0.15) is 6.29 Å². The maximum atomic E-state index is 11.0. The van der Waals surface area contributed by atoms with Gasteiger partial charge in [-0.2, -0.15) is 0 Å². The highest BCUT2D eigenvalue weighted by Gasteiger charge is 2.40. The molecule has 0 spiro atoms. The van der Waals surface area contributed by atoms with Gasteiger partial charge in [-0.25, -0.2) is 0 Å². The summed E-state index contributed by atoms with van der Waals surface area (Å²) in [6.45, 7) is 12.3. The smallest absolute Gasteiger partial charge is 0.220 e. The van der Waals surface area contributed by atoms with Gasteiger partial charge in [-0.3, -0.25) is 4.79 Å². The fourth-order valence-corrected chi connectivity index (χ4v) is 2.58. The van der Waals surface area contributed by atoms with E-state index in [0.29, 0.717) is 0 Å². The van der Waals surface area contributed by atoms with Crippen LogP contribution >= 0.6 is 0 Å². The zero-order valence-electron chi connectivity index (χ0n) is 11.7. The normalized spacial score (nSPS) is 16.4. The highest BCUT2D eigenvalue weighted by Crippen LogP contribution is 2.38. The topological polar surface area (TPSA) is 69.4 Å². The van der Waals surface area contributed by atoms with Crippen LogP contribution in [0.3, 0.4) is 0 Å². The maximum Gasteiger partial charge on any atom is 0.220 e. The standard InChI is InChI=1S/C12H25NO3Si/c1-9(8-14)10(7-11(13)15)16-17(5,6)12(2,3)4/h8-10H,7H2,1-6H3,(H2,13,15)/t9-,10+/m1/s1. The van der Waals surface area contributed by atoms with Gasteiger partial charge in [0.2, 0.25) is 5.91 Å². The van der Waals surface area contributed by atoms with E-state index in [1.165, 1.54) is 0 Å². The predicted octanol–water partition coefficient (Wildman–Crippen LogP) is 2.09. The van der Waals surface area contributed by atoms with Gasteiger partial charge < -0.3 is 15.0 Å². The molecule has 17 heavy (non-hydrogen) atoms. The van der Waals surface area contributed by atoms with Crippen molar-refractivity contribution in [3.05, 3.63) is 0 Å². The summed E-state index contributed by atoms with van der Waals surface area (Å²) in [6, 6.07) is 0. The Hall–Kier alpha value is -0.683. The van der Waals surface area contributed by atoms with E-state index in [-0.39, 0.29) is 17.4 Å². The number of hydrogen-bond donors (Lipinski definition) is 1. The summed E-state index contributed by atoms with van der Waals surface area (Å²) >= 11 is 0. The van der Waals surface area contributed by atoms with Gasteiger partial charge in [-0.05, 0) is 18.1 Å². The molecule has 5 heteroatoms. The molecule has 0 unspecified atom stereocenters. The van der Waals surface area contributed by atoms with Crippen molar-refractivity contribution >= 4 is 20.5 Å². The first-order valence-electron chi connectivity index (χ1n) is 5.92. The molecule has 0 aliphatic rings. The number of carbonyl (C=O) groups is 2. The van der Waals surface area contributed by atoms with Gasteiger partial charge in [-0.1, -0.05) is 27.7 Å². The number of amides is 1. The lowest BCUT2D eigenvalue weighted by molar-refractivity contribution is -0.121. The first kappa shape index (κ1) is 16.3. The second-order valence-electron chi connectivity index (χ2n) is 6.08. The zero-order chi connectivity index (χ0) is 13.9. The Morgan fingerprint density at radius 1 is 1.41 bits per heavy atom. The molecule has 0 rings (SSSR count). The quantitative estimate of drug-likeness (QED) is 0.586. The Labute approximate surface area is 105 Å². The van der Waals surface area contributed by atoms with Crippen molar-refractivity contribution in [2.24, 2.45) is 11.7 Å². The monoisotopic (exact) mass is 259 g/mol. The zero-order valence-corrected chi connectivity index (χ0v) is 12.7. The number of nitrogens with two attached hydrogens (primary N) is 1. The molecule has 2 N–H and O–H groups in total. The summed E-state index contributed by atoms with van der Waals surface area (Å²) in [7, 11) is -1.98. The van der Waals surface area contributed by atoms with Gasteiger partial charge in [0.05, 0.1) is 12.5 Å². The molecule has 0 radical (unpaired) electrons. The summed E-state index contributed by atoms with van der Waals surface area (Å²) in [5, 5.41) is 0.0471. The third-order valence-corrected chi connectivity index (χ3v) is 7.96. The van der Waals surface area contributed by atoms with Crippen LogP contribution in [0, 0.1) is 5.92 Å². The second-order valence-corrected chi connectivity index (χ2v) is 10.8. The molecule has 1 amide bonds. The first-order valence-corrected chi connectivity index (χ1v) is 8.83. The van der Waals surface area contributed by atoms with E-state index in [9.17, 15) is 9.59 Å². The average molecular weight is 259 g/mol. The van der Waals surface area contributed by atoms with Crippen molar-refractivity contribution in [2.75, 3.05) is 0 Å². The van der Waals surface area contributed by atoms with Gasteiger partial charge in [0.25, 0.3) is 0 Å². The Bertz CT molecular complexity index is 284. The molecular weight excluding hydrogens is 234 g/mol.